The quantitative estimate of drug-likeness (QED) is 0.0881. The molecule has 0 spiro atoms. The third-order valence-electron chi connectivity index (χ3n) is 9.01. The maximum absolute atomic E-state index is 12.1. The second kappa shape index (κ2) is 18.0. The predicted octanol–water partition coefficient (Wildman–Crippen LogP) is -9.46. The summed E-state index contributed by atoms with van der Waals surface area (Å²) in [7, 11) is 0. The zero-order chi connectivity index (χ0) is 37.9. The molecule has 20 atom stereocenters. The normalized spacial score (nSPS) is 47.8. The predicted molar refractivity (Wildman–Crippen MR) is 157 cm³/mol. The van der Waals surface area contributed by atoms with E-state index in [0.29, 0.717) is 0 Å². The van der Waals surface area contributed by atoms with Gasteiger partial charge in [-0.15, -0.1) is 0 Å². The minimum atomic E-state index is -2.11. The second-order valence-corrected chi connectivity index (χ2v) is 12.6. The van der Waals surface area contributed by atoms with E-state index in [9.17, 15) is 70.9 Å². The maximum Gasteiger partial charge on any atom is 0.217 e. The molecule has 4 rings (SSSR count). The average Bonchev–Trinajstić information content (AvgIpc) is 3.09. The van der Waals surface area contributed by atoms with Crippen LogP contribution in [0.5, 0.6) is 0 Å². The molecular weight excluding hydrogens is 700 g/mol. The van der Waals surface area contributed by atoms with Gasteiger partial charge in [0.1, 0.15) is 97.5 Å². The molecule has 4 heterocycles. The van der Waals surface area contributed by atoms with Crippen LogP contribution in [0.1, 0.15) is 13.8 Å². The van der Waals surface area contributed by atoms with Gasteiger partial charge < -0.3 is 105 Å². The molecule has 4 fully saturated rings. The van der Waals surface area contributed by atoms with Crippen molar-refractivity contribution in [1.29, 1.82) is 0 Å². The minimum absolute atomic E-state index is 0.721. The summed E-state index contributed by atoms with van der Waals surface area (Å²) in [5, 5.41) is 130. The first-order chi connectivity index (χ1) is 24.1. The Bertz CT molecular complexity index is 1140. The van der Waals surface area contributed by atoms with Crippen LogP contribution in [0.3, 0.4) is 0 Å². The molecule has 4 aliphatic heterocycles. The SMILES string of the molecule is CC(=O)N[C@H]1[C@H](O[C@@H]2[C@@H](O)[C@H](O[C@H]3[C@H](O)[C@@H](O)[C@H](O)O[C@@H]3CO)O[C@H](CO)[C@@H]2O[C@@H]2O[C@H](CO)[C@@H](O)[C@H](O)[C@H]2NC(C)=O)O[C@H](CO)[C@H](O)[C@@H]1O. The van der Waals surface area contributed by atoms with E-state index in [1.54, 1.807) is 0 Å². The van der Waals surface area contributed by atoms with Crippen molar-refractivity contribution in [3.63, 3.8) is 0 Å². The number of aliphatic hydroxyl groups excluding tert-OH is 12. The third-order valence-corrected chi connectivity index (χ3v) is 9.01. The van der Waals surface area contributed by atoms with Crippen molar-refractivity contribution < 1.29 is 104 Å². The number of amides is 2. The molecule has 4 saturated heterocycles. The number of aliphatic hydroxyl groups is 12. The second-order valence-electron chi connectivity index (χ2n) is 12.6. The van der Waals surface area contributed by atoms with Gasteiger partial charge in [-0.25, -0.2) is 0 Å². The largest absolute Gasteiger partial charge is 0.394 e. The fraction of sp³-hybridized carbons (Fsp3) is 0.929. The van der Waals surface area contributed by atoms with E-state index >= 15 is 0 Å². The zero-order valence-corrected chi connectivity index (χ0v) is 27.4. The fourth-order valence-corrected chi connectivity index (χ4v) is 6.35. The third kappa shape index (κ3) is 9.11. The Labute approximate surface area is 289 Å². The maximum atomic E-state index is 12.1. The first-order valence-electron chi connectivity index (χ1n) is 16.1. The number of ether oxygens (including phenoxy) is 7. The molecule has 0 bridgehead atoms. The first-order valence-corrected chi connectivity index (χ1v) is 16.1. The summed E-state index contributed by atoms with van der Waals surface area (Å²) in [6.07, 6.45) is -32.1. The Morgan fingerprint density at radius 1 is 0.471 bits per heavy atom. The van der Waals surface area contributed by atoms with E-state index in [1.165, 1.54) is 0 Å². The fourth-order valence-electron chi connectivity index (χ4n) is 6.35. The summed E-state index contributed by atoms with van der Waals surface area (Å²) in [6, 6.07) is -3.13. The molecule has 296 valence electrons. The van der Waals surface area contributed by atoms with Crippen LogP contribution in [0.15, 0.2) is 0 Å². The number of hydrogen-bond donors (Lipinski definition) is 14. The van der Waals surface area contributed by atoms with Crippen molar-refractivity contribution in [1.82, 2.24) is 10.6 Å². The van der Waals surface area contributed by atoms with Crippen molar-refractivity contribution >= 4 is 11.8 Å². The van der Waals surface area contributed by atoms with Gasteiger partial charge in [0.15, 0.2) is 25.2 Å². The number of carbonyl (C=O) groups is 2. The zero-order valence-electron chi connectivity index (χ0n) is 27.4. The topological polar surface area (TPSA) is 366 Å². The van der Waals surface area contributed by atoms with Crippen molar-refractivity contribution in [2.45, 2.75) is 137 Å². The number of nitrogens with one attached hydrogen (secondary N) is 2. The summed E-state index contributed by atoms with van der Waals surface area (Å²) < 4.78 is 39.9. The summed E-state index contributed by atoms with van der Waals surface area (Å²) in [4.78, 5) is 24.1. The van der Waals surface area contributed by atoms with Gasteiger partial charge in [-0.3, -0.25) is 9.59 Å². The van der Waals surface area contributed by atoms with E-state index in [-0.39, 0.29) is 0 Å². The van der Waals surface area contributed by atoms with Crippen LogP contribution in [-0.4, -0.2) is 222 Å². The Morgan fingerprint density at radius 3 is 1.29 bits per heavy atom. The molecule has 0 aromatic heterocycles. The van der Waals surface area contributed by atoms with Crippen LogP contribution in [0.25, 0.3) is 0 Å². The highest BCUT2D eigenvalue weighted by molar-refractivity contribution is 5.73. The Balaban J connectivity index is 1.74. The van der Waals surface area contributed by atoms with Gasteiger partial charge in [-0.2, -0.15) is 0 Å². The van der Waals surface area contributed by atoms with Gasteiger partial charge in [-0.1, -0.05) is 0 Å². The number of rotatable bonds is 12. The van der Waals surface area contributed by atoms with Gasteiger partial charge in [0.05, 0.1) is 26.4 Å². The first kappa shape index (κ1) is 41.9. The summed E-state index contributed by atoms with van der Waals surface area (Å²) in [6.45, 7) is -1.41. The van der Waals surface area contributed by atoms with Crippen LogP contribution in [0, 0.1) is 0 Å². The molecule has 23 heteroatoms. The van der Waals surface area contributed by atoms with E-state index in [2.05, 4.69) is 10.6 Å². The lowest BCUT2D eigenvalue weighted by Crippen LogP contribution is -2.70. The van der Waals surface area contributed by atoms with Gasteiger partial charge in [0.2, 0.25) is 11.8 Å². The molecule has 0 aliphatic carbocycles. The van der Waals surface area contributed by atoms with Crippen LogP contribution in [0.2, 0.25) is 0 Å². The van der Waals surface area contributed by atoms with Crippen LogP contribution in [0.4, 0.5) is 0 Å². The van der Waals surface area contributed by atoms with Gasteiger partial charge >= 0.3 is 0 Å². The van der Waals surface area contributed by atoms with Crippen molar-refractivity contribution in [2.24, 2.45) is 0 Å². The Hall–Kier alpha value is -1.82. The molecule has 51 heavy (non-hydrogen) atoms. The lowest BCUT2D eigenvalue weighted by atomic mass is 9.94. The Kier molecular flexibility index (Phi) is 14.8. The number of carbonyl (C=O) groups excluding carboxylic acids is 2. The van der Waals surface area contributed by atoms with Crippen LogP contribution >= 0.6 is 0 Å². The Morgan fingerprint density at radius 2 is 0.863 bits per heavy atom. The van der Waals surface area contributed by atoms with E-state index in [0.717, 1.165) is 13.8 Å². The molecule has 0 aromatic carbocycles. The molecule has 0 radical (unpaired) electrons. The molecule has 0 aromatic rings. The van der Waals surface area contributed by atoms with Crippen LogP contribution in [-0.2, 0) is 42.7 Å². The lowest BCUT2D eigenvalue weighted by molar-refractivity contribution is -0.389. The smallest absolute Gasteiger partial charge is 0.217 e. The monoisotopic (exact) mass is 748 g/mol. The standard InChI is InChI=1S/C28H48N2O21/c1-7(35)29-13-17(39)15(37)9(3-31)46-26(13)50-23-12(6-34)48-28(49-22-11(5-33)45-25(44)20(42)19(22)41)21(43)24(23)51-27-14(30-8(2)36)18(40)16(38)10(4-32)47-27/h9-28,31-34,37-44H,3-6H2,1-2H3,(H,29,35)(H,30,36)/t9-,10-,11-,12-,13-,14-,15-,16+,17-,18-,19-,20-,21-,22-,23+,24-,25-,26+,27+,28+/m1/s1. The molecular formula is C28H48N2O21. The highest BCUT2D eigenvalue weighted by Crippen LogP contribution is 2.35. The number of hydrogen-bond acceptors (Lipinski definition) is 21. The highest BCUT2D eigenvalue weighted by Gasteiger charge is 2.56. The van der Waals surface area contributed by atoms with Crippen LogP contribution < -0.4 is 10.6 Å². The van der Waals surface area contributed by atoms with Gasteiger partial charge in [-0.05, 0) is 0 Å². The molecule has 0 saturated carbocycles. The average molecular weight is 749 g/mol. The summed E-state index contributed by atoms with van der Waals surface area (Å²) in [5.74, 6) is -1.46. The van der Waals surface area contributed by atoms with Gasteiger partial charge in [0, 0.05) is 13.8 Å². The summed E-state index contributed by atoms with van der Waals surface area (Å²) >= 11 is 0. The lowest BCUT2D eigenvalue weighted by Gasteiger charge is -2.51. The van der Waals surface area contributed by atoms with Crippen molar-refractivity contribution in [3.05, 3.63) is 0 Å². The van der Waals surface area contributed by atoms with E-state index < -0.39 is 161 Å². The van der Waals surface area contributed by atoms with Crippen molar-refractivity contribution in [3.8, 4) is 0 Å². The van der Waals surface area contributed by atoms with Gasteiger partial charge in [0.25, 0.3) is 0 Å². The highest BCUT2D eigenvalue weighted by atomic mass is 16.8. The van der Waals surface area contributed by atoms with E-state index in [1.807, 2.05) is 0 Å². The molecule has 2 amide bonds. The summed E-state index contributed by atoms with van der Waals surface area (Å²) in [5.41, 5.74) is 0. The molecule has 0 unspecified atom stereocenters. The molecule has 14 N–H and O–H groups in total. The van der Waals surface area contributed by atoms with E-state index in [4.69, 9.17) is 33.2 Å². The molecule has 4 aliphatic rings. The molecule has 23 nitrogen and oxygen atoms in total. The minimum Gasteiger partial charge on any atom is -0.394 e. The van der Waals surface area contributed by atoms with Crippen molar-refractivity contribution in [2.75, 3.05) is 26.4 Å².